The average molecular weight is 1010 g/mol. The Labute approximate surface area is 449 Å². The summed E-state index contributed by atoms with van der Waals surface area (Å²) in [5.74, 6) is -0.0806. The molecule has 0 bridgehead atoms. The third-order valence-electron chi connectivity index (χ3n) is 14.9. The summed E-state index contributed by atoms with van der Waals surface area (Å²) in [5, 5.41) is 23.2. The number of carbonyl (C=O) groups excluding carboxylic acids is 2. The van der Waals surface area contributed by atoms with Gasteiger partial charge in [-0.25, -0.2) is 0 Å². The highest BCUT2D eigenvalue weighted by atomic mass is 16.5. The Kier molecular flexibility index (Phi) is 60.0. The minimum Gasteiger partial charge on any atom is -0.466 e. The topological polar surface area (TPSA) is 95.9 Å². The zero-order valence-corrected chi connectivity index (χ0v) is 48.4. The van der Waals surface area contributed by atoms with Gasteiger partial charge in [0.15, 0.2) is 0 Å². The van der Waals surface area contributed by atoms with Gasteiger partial charge in [0.25, 0.3) is 0 Å². The van der Waals surface area contributed by atoms with Crippen LogP contribution in [0, 0.1) is 0 Å². The number of aliphatic hydroxyl groups excluding tert-OH is 2. The van der Waals surface area contributed by atoms with Crippen molar-refractivity contribution in [1.82, 2.24) is 5.32 Å². The van der Waals surface area contributed by atoms with Gasteiger partial charge < -0.3 is 20.3 Å². The monoisotopic (exact) mass is 1010 g/mol. The Morgan fingerprint density at radius 3 is 1.00 bits per heavy atom. The van der Waals surface area contributed by atoms with Crippen LogP contribution in [0.4, 0.5) is 0 Å². The van der Waals surface area contributed by atoms with Gasteiger partial charge in [-0.05, 0) is 83.5 Å². The number of esters is 1. The van der Waals surface area contributed by atoms with Crippen LogP contribution in [-0.4, -0.2) is 47.4 Å². The lowest BCUT2D eigenvalue weighted by Gasteiger charge is -2.20. The molecule has 0 fully saturated rings. The minimum atomic E-state index is -0.852. The fourth-order valence-electron chi connectivity index (χ4n) is 9.92. The van der Waals surface area contributed by atoms with Gasteiger partial charge in [0.2, 0.25) is 5.91 Å². The van der Waals surface area contributed by atoms with Gasteiger partial charge in [-0.2, -0.15) is 0 Å². The summed E-state index contributed by atoms with van der Waals surface area (Å²) in [6.45, 7) is 4.89. The van der Waals surface area contributed by atoms with Crippen LogP contribution < -0.4 is 5.32 Å². The second kappa shape index (κ2) is 61.6. The van der Waals surface area contributed by atoms with Crippen molar-refractivity contribution in [2.24, 2.45) is 0 Å². The molecular weight excluding hydrogens is 887 g/mol. The molecule has 0 heterocycles. The summed E-state index contributed by atoms with van der Waals surface area (Å²) in [6.07, 6.45) is 77.6. The molecule has 0 aromatic heterocycles. The number of nitrogens with one attached hydrogen (secondary N) is 1. The maximum Gasteiger partial charge on any atom is 0.305 e. The average Bonchev–Trinajstić information content (AvgIpc) is 3.38. The fraction of sp³-hybridized carbons (Fsp3) is 0.879. The summed E-state index contributed by atoms with van der Waals surface area (Å²) in [6, 6.07) is -0.637. The number of amides is 1. The number of allylic oxidation sites excluding steroid dienone is 5. The quantitative estimate of drug-likeness (QED) is 0.0320. The molecule has 6 heteroatoms. The van der Waals surface area contributed by atoms with E-state index >= 15 is 0 Å². The third-order valence-corrected chi connectivity index (χ3v) is 14.9. The van der Waals surface area contributed by atoms with Crippen molar-refractivity contribution in [2.45, 2.75) is 360 Å². The highest BCUT2D eigenvalue weighted by molar-refractivity contribution is 5.76. The normalized spacial score (nSPS) is 12.8. The smallest absolute Gasteiger partial charge is 0.305 e. The van der Waals surface area contributed by atoms with Gasteiger partial charge in [-0.3, -0.25) is 9.59 Å². The van der Waals surface area contributed by atoms with Gasteiger partial charge in [-0.1, -0.05) is 288 Å². The van der Waals surface area contributed by atoms with E-state index in [9.17, 15) is 19.8 Å². The SMILES string of the molecule is CCCCCC/C=C\CCCCCCCC(=O)OCCCCCCCCCC/C=C\CCCCCCCCCC(=O)NC(CO)C(O)/C=C/CCCCCCCCCCCCCCCCCCCCCCC. The highest BCUT2D eigenvalue weighted by Crippen LogP contribution is 2.17. The van der Waals surface area contributed by atoms with Crippen molar-refractivity contribution in [3.05, 3.63) is 36.5 Å². The minimum absolute atomic E-state index is 0.00579. The number of hydrogen-bond donors (Lipinski definition) is 3. The first-order chi connectivity index (χ1) is 35.5. The molecule has 0 aliphatic heterocycles. The van der Waals surface area contributed by atoms with Crippen molar-refractivity contribution in [1.29, 1.82) is 0 Å². The standard InChI is InChI=1S/C66H125NO5/c1-3-5-7-9-11-13-15-17-18-19-20-21-22-23-25-28-31-35-38-42-46-50-54-58-64(69)63(62-68)67-65(70)59-55-51-47-43-39-36-32-29-26-24-27-30-33-37-41-45-49-53-57-61-72-66(71)60-56-52-48-44-40-34-16-14-12-10-8-6-4-2/h14,16,24,26,54,58,63-64,68-69H,3-13,15,17-23,25,27-53,55-57,59-62H2,1-2H3,(H,67,70)/b16-14-,26-24-,58-54+. The molecular formula is C66H125NO5. The Morgan fingerprint density at radius 1 is 0.375 bits per heavy atom. The molecule has 0 rings (SSSR count). The first kappa shape index (κ1) is 70.1. The van der Waals surface area contributed by atoms with Crippen molar-refractivity contribution in [2.75, 3.05) is 13.2 Å². The van der Waals surface area contributed by atoms with Gasteiger partial charge in [0, 0.05) is 12.8 Å². The molecule has 0 saturated carbocycles. The van der Waals surface area contributed by atoms with E-state index in [4.69, 9.17) is 4.74 Å². The Balaban J connectivity index is 3.48. The largest absolute Gasteiger partial charge is 0.466 e. The third kappa shape index (κ3) is 57.4. The molecule has 0 radical (unpaired) electrons. The number of hydrogen-bond acceptors (Lipinski definition) is 5. The Morgan fingerprint density at radius 2 is 0.653 bits per heavy atom. The summed E-state index contributed by atoms with van der Waals surface area (Å²) >= 11 is 0. The molecule has 6 nitrogen and oxygen atoms in total. The molecule has 72 heavy (non-hydrogen) atoms. The first-order valence-corrected chi connectivity index (χ1v) is 32.3. The lowest BCUT2D eigenvalue weighted by molar-refractivity contribution is -0.143. The van der Waals surface area contributed by atoms with Crippen LogP contribution >= 0.6 is 0 Å². The molecule has 2 unspecified atom stereocenters. The number of ether oxygens (including phenoxy) is 1. The number of unbranched alkanes of at least 4 members (excludes halogenated alkanes) is 45. The predicted octanol–water partition coefficient (Wildman–Crippen LogP) is 20.4. The van der Waals surface area contributed by atoms with E-state index in [1.54, 1.807) is 6.08 Å². The predicted molar refractivity (Wildman–Crippen MR) is 315 cm³/mol. The van der Waals surface area contributed by atoms with Crippen LogP contribution in [0.2, 0.25) is 0 Å². The number of carbonyl (C=O) groups is 2. The molecule has 0 aromatic rings. The van der Waals surface area contributed by atoms with E-state index in [-0.39, 0.29) is 18.5 Å². The van der Waals surface area contributed by atoms with Crippen LogP contribution in [0.1, 0.15) is 348 Å². The second-order valence-electron chi connectivity index (χ2n) is 22.1. The van der Waals surface area contributed by atoms with E-state index in [2.05, 4.69) is 43.5 Å². The Bertz CT molecular complexity index is 1170. The van der Waals surface area contributed by atoms with Gasteiger partial charge in [0.1, 0.15) is 0 Å². The van der Waals surface area contributed by atoms with E-state index in [0.717, 1.165) is 51.4 Å². The zero-order chi connectivity index (χ0) is 52.2. The van der Waals surface area contributed by atoms with E-state index in [0.29, 0.717) is 19.4 Å². The second-order valence-corrected chi connectivity index (χ2v) is 22.1. The van der Waals surface area contributed by atoms with Crippen LogP contribution in [0.15, 0.2) is 36.5 Å². The summed E-state index contributed by atoms with van der Waals surface area (Å²) < 4.78 is 5.47. The lowest BCUT2D eigenvalue weighted by Crippen LogP contribution is -2.45. The number of rotatable bonds is 60. The van der Waals surface area contributed by atoms with Crippen LogP contribution in [0.5, 0.6) is 0 Å². The maximum absolute atomic E-state index is 12.5. The zero-order valence-electron chi connectivity index (χ0n) is 48.4. The van der Waals surface area contributed by atoms with Gasteiger partial charge >= 0.3 is 5.97 Å². The van der Waals surface area contributed by atoms with Crippen molar-refractivity contribution < 1.29 is 24.5 Å². The maximum atomic E-state index is 12.5. The summed E-state index contributed by atoms with van der Waals surface area (Å²) in [5.41, 5.74) is 0. The molecule has 0 saturated heterocycles. The molecule has 0 aliphatic carbocycles. The van der Waals surface area contributed by atoms with Crippen LogP contribution in [0.3, 0.4) is 0 Å². The molecule has 0 aromatic carbocycles. The van der Waals surface area contributed by atoms with Crippen molar-refractivity contribution in [3.8, 4) is 0 Å². The molecule has 1 amide bonds. The van der Waals surface area contributed by atoms with Crippen molar-refractivity contribution >= 4 is 11.9 Å². The van der Waals surface area contributed by atoms with Crippen molar-refractivity contribution in [3.63, 3.8) is 0 Å². The molecule has 3 N–H and O–H groups in total. The first-order valence-electron chi connectivity index (χ1n) is 32.3. The van der Waals surface area contributed by atoms with E-state index in [1.807, 2.05) is 6.08 Å². The van der Waals surface area contributed by atoms with Gasteiger partial charge in [0.05, 0.1) is 25.4 Å². The van der Waals surface area contributed by atoms with E-state index < -0.39 is 12.1 Å². The Hall–Kier alpha value is -1.92. The summed E-state index contributed by atoms with van der Waals surface area (Å²) in [7, 11) is 0. The molecule has 0 spiro atoms. The molecule has 2 atom stereocenters. The van der Waals surface area contributed by atoms with Crippen LogP contribution in [-0.2, 0) is 14.3 Å². The lowest BCUT2D eigenvalue weighted by atomic mass is 10.0. The van der Waals surface area contributed by atoms with Crippen LogP contribution in [0.25, 0.3) is 0 Å². The van der Waals surface area contributed by atoms with E-state index in [1.165, 1.54) is 270 Å². The molecule has 0 aliphatic rings. The summed E-state index contributed by atoms with van der Waals surface area (Å²) in [4.78, 5) is 24.5. The number of aliphatic hydroxyl groups is 2. The molecule has 424 valence electrons. The fourth-order valence-corrected chi connectivity index (χ4v) is 9.92. The van der Waals surface area contributed by atoms with Gasteiger partial charge in [-0.15, -0.1) is 0 Å². The highest BCUT2D eigenvalue weighted by Gasteiger charge is 2.18.